The van der Waals surface area contributed by atoms with Crippen LogP contribution in [0.3, 0.4) is 0 Å². The van der Waals surface area contributed by atoms with E-state index in [-0.39, 0.29) is 0 Å². The molecule has 2 fully saturated rings. The lowest BCUT2D eigenvalue weighted by atomic mass is 10.0. The van der Waals surface area contributed by atoms with E-state index in [9.17, 15) is 0 Å². The molecule has 3 nitrogen and oxygen atoms in total. The van der Waals surface area contributed by atoms with Crippen LogP contribution in [0.25, 0.3) is 0 Å². The van der Waals surface area contributed by atoms with Crippen molar-refractivity contribution < 1.29 is 0 Å². The van der Waals surface area contributed by atoms with Crippen molar-refractivity contribution >= 4 is 5.95 Å². The summed E-state index contributed by atoms with van der Waals surface area (Å²) >= 11 is 0. The third-order valence-corrected chi connectivity index (χ3v) is 4.70. The van der Waals surface area contributed by atoms with Crippen molar-refractivity contribution in [2.24, 2.45) is 5.92 Å². The largest absolute Gasteiger partial charge is 0.356 e. The van der Waals surface area contributed by atoms with Gasteiger partial charge in [-0.2, -0.15) is 0 Å². The first-order valence-electron chi connectivity index (χ1n) is 7.70. The molecule has 0 radical (unpaired) electrons. The molecule has 3 heteroatoms. The molecule has 18 heavy (non-hydrogen) atoms. The van der Waals surface area contributed by atoms with E-state index < -0.39 is 0 Å². The van der Waals surface area contributed by atoms with Crippen molar-refractivity contribution in [2.45, 2.75) is 63.8 Å². The Morgan fingerprint density at radius 2 is 1.83 bits per heavy atom. The molecule has 1 N–H and O–H groups in total. The van der Waals surface area contributed by atoms with Gasteiger partial charge in [0.25, 0.3) is 0 Å². The van der Waals surface area contributed by atoms with Gasteiger partial charge in [-0.05, 0) is 25.2 Å². The van der Waals surface area contributed by atoms with Gasteiger partial charge < -0.3 is 9.88 Å². The van der Waals surface area contributed by atoms with Crippen LogP contribution in [0, 0.1) is 5.92 Å². The van der Waals surface area contributed by atoms with Crippen LogP contribution in [0.2, 0.25) is 0 Å². The third-order valence-electron chi connectivity index (χ3n) is 4.70. The van der Waals surface area contributed by atoms with Crippen molar-refractivity contribution in [2.75, 3.05) is 11.9 Å². The maximum absolute atomic E-state index is 4.48. The number of aromatic nitrogens is 2. The Bertz CT molecular complexity index is 360. The van der Waals surface area contributed by atoms with Gasteiger partial charge >= 0.3 is 0 Å². The van der Waals surface area contributed by atoms with E-state index in [1.54, 1.807) is 0 Å². The highest BCUT2D eigenvalue weighted by molar-refractivity contribution is 5.26. The van der Waals surface area contributed by atoms with Crippen molar-refractivity contribution in [1.82, 2.24) is 9.55 Å². The lowest BCUT2D eigenvalue weighted by molar-refractivity contribution is 0.506. The summed E-state index contributed by atoms with van der Waals surface area (Å²) in [5.41, 5.74) is 0. The summed E-state index contributed by atoms with van der Waals surface area (Å²) in [5, 5.41) is 3.55. The van der Waals surface area contributed by atoms with Gasteiger partial charge in [0.2, 0.25) is 5.95 Å². The predicted molar refractivity (Wildman–Crippen MR) is 74.8 cm³/mol. The summed E-state index contributed by atoms with van der Waals surface area (Å²) < 4.78 is 2.36. The second-order valence-corrected chi connectivity index (χ2v) is 5.96. The molecule has 0 atom stereocenters. The quantitative estimate of drug-likeness (QED) is 0.852. The van der Waals surface area contributed by atoms with Gasteiger partial charge in [-0.15, -0.1) is 0 Å². The first-order chi connectivity index (χ1) is 8.93. The molecule has 0 bridgehead atoms. The molecule has 1 aromatic rings. The second kappa shape index (κ2) is 5.77. The Morgan fingerprint density at radius 1 is 1.11 bits per heavy atom. The van der Waals surface area contributed by atoms with E-state index in [4.69, 9.17) is 0 Å². The molecule has 1 heterocycles. The van der Waals surface area contributed by atoms with Crippen LogP contribution < -0.4 is 5.32 Å². The Balaban J connectivity index is 1.51. The van der Waals surface area contributed by atoms with E-state index in [0.717, 1.165) is 18.4 Å². The molecule has 0 aliphatic heterocycles. The Labute approximate surface area is 110 Å². The fourth-order valence-corrected chi connectivity index (χ4v) is 3.61. The molecule has 3 rings (SSSR count). The van der Waals surface area contributed by atoms with Crippen LogP contribution in [-0.2, 0) is 0 Å². The molecular weight excluding hydrogens is 222 g/mol. The fourth-order valence-electron chi connectivity index (χ4n) is 3.61. The number of imidazole rings is 1. The molecule has 0 aromatic carbocycles. The number of nitrogens with zero attached hydrogens (tertiary/aromatic N) is 2. The third kappa shape index (κ3) is 2.70. The van der Waals surface area contributed by atoms with E-state index >= 15 is 0 Å². The highest BCUT2D eigenvalue weighted by Gasteiger charge is 2.19. The summed E-state index contributed by atoms with van der Waals surface area (Å²) in [4.78, 5) is 4.48. The molecule has 0 unspecified atom stereocenters. The number of rotatable bonds is 5. The summed E-state index contributed by atoms with van der Waals surface area (Å²) in [6.45, 7) is 1.09. The molecule has 1 aromatic heterocycles. The lowest BCUT2D eigenvalue weighted by Crippen LogP contribution is -2.13. The van der Waals surface area contributed by atoms with Gasteiger partial charge in [0.1, 0.15) is 0 Å². The zero-order valence-corrected chi connectivity index (χ0v) is 11.3. The first-order valence-corrected chi connectivity index (χ1v) is 7.70. The minimum atomic E-state index is 0.696. The van der Waals surface area contributed by atoms with E-state index in [2.05, 4.69) is 21.1 Å². The van der Waals surface area contributed by atoms with Gasteiger partial charge in [0.15, 0.2) is 0 Å². The van der Waals surface area contributed by atoms with Gasteiger partial charge in [-0.1, -0.05) is 38.5 Å². The average Bonchev–Trinajstić information content (AvgIpc) is 3.12. The number of hydrogen-bond acceptors (Lipinski definition) is 2. The van der Waals surface area contributed by atoms with Crippen molar-refractivity contribution in [3.05, 3.63) is 12.4 Å². The van der Waals surface area contributed by atoms with Gasteiger partial charge in [0.05, 0.1) is 0 Å². The number of nitrogens with one attached hydrogen (secondary N) is 1. The Hall–Kier alpha value is -0.990. The topological polar surface area (TPSA) is 29.9 Å². The summed E-state index contributed by atoms with van der Waals surface area (Å²) in [6, 6.07) is 0.696. The summed E-state index contributed by atoms with van der Waals surface area (Å²) in [5.74, 6) is 2.06. The monoisotopic (exact) mass is 247 g/mol. The van der Waals surface area contributed by atoms with E-state index in [1.807, 2.05) is 6.20 Å². The Morgan fingerprint density at radius 3 is 2.61 bits per heavy atom. The van der Waals surface area contributed by atoms with Crippen LogP contribution >= 0.6 is 0 Å². The van der Waals surface area contributed by atoms with Crippen molar-refractivity contribution in [3.8, 4) is 0 Å². The predicted octanol–water partition coefficient (Wildman–Crippen LogP) is 3.99. The van der Waals surface area contributed by atoms with Crippen LogP contribution in [-0.4, -0.2) is 16.1 Å². The molecule has 0 spiro atoms. The zero-order chi connectivity index (χ0) is 12.2. The minimum Gasteiger partial charge on any atom is -0.356 e. The molecule has 2 saturated carbocycles. The molecule has 0 amide bonds. The van der Waals surface area contributed by atoms with E-state index in [1.165, 1.54) is 57.8 Å². The van der Waals surface area contributed by atoms with Crippen molar-refractivity contribution in [3.63, 3.8) is 0 Å². The second-order valence-electron chi connectivity index (χ2n) is 5.96. The van der Waals surface area contributed by atoms with Gasteiger partial charge in [0, 0.05) is 25.0 Å². The standard InChI is InChI=1S/C15H25N3/c1-2-6-13(5-1)9-10-16-15-17-11-12-18(15)14-7-3-4-8-14/h11-14H,1-10H2,(H,16,17). The van der Waals surface area contributed by atoms with Gasteiger partial charge in [-0.3, -0.25) is 0 Å². The van der Waals surface area contributed by atoms with Crippen LogP contribution in [0.5, 0.6) is 0 Å². The number of hydrogen-bond donors (Lipinski definition) is 1. The highest BCUT2D eigenvalue weighted by atomic mass is 15.2. The summed E-state index contributed by atoms with van der Waals surface area (Å²) in [6.07, 6.45) is 16.6. The van der Waals surface area contributed by atoms with Crippen LogP contribution in [0.4, 0.5) is 5.95 Å². The van der Waals surface area contributed by atoms with Gasteiger partial charge in [-0.25, -0.2) is 4.98 Å². The van der Waals surface area contributed by atoms with E-state index in [0.29, 0.717) is 6.04 Å². The minimum absolute atomic E-state index is 0.696. The van der Waals surface area contributed by atoms with Crippen LogP contribution in [0.1, 0.15) is 63.8 Å². The fraction of sp³-hybridized carbons (Fsp3) is 0.800. The smallest absolute Gasteiger partial charge is 0.203 e. The maximum Gasteiger partial charge on any atom is 0.203 e. The average molecular weight is 247 g/mol. The highest BCUT2D eigenvalue weighted by Crippen LogP contribution is 2.31. The zero-order valence-electron chi connectivity index (χ0n) is 11.3. The van der Waals surface area contributed by atoms with Crippen LogP contribution in [0.15, 0.2) is 12.4 Å². The number of anilines is 1. The maximum atomic E-state index is 4.48. The summed E-state index contributed by atoms with van der Waals surface area (Å²) in [7, 11) is 0. The normalized spacial score (nSPS) is 21.8. The van der Waals surface area contributed by atoms with Crippen molar-refractivity contribution in [1.29, 1.82) is 0 Å². The molecule has 100 valence electrons. The lowest BCUT2D eigenvalue weighted by Gasteiger charge is -2.16. The molecule has 2 aliphatic carbocycles. The molecule has 0 saturated heterocycles. The Kier molecular flexibility index (Phi) is 3.87. The molecular formula is C15H25N3. The SMILES string of the molecule is c1cn(C2CCCC2)c(NCCC2CCCC2)n1. The first kappa shape index (κ1) is 12.1. The molecule has 2 aliphatic rings.